The lowest BCUT2D eigenvalue weighted by molar-refractivity contribution is 0.101. The van der Waals surface area contributed by atoms with Gasteiger partial charge in [-0.2, -0.15) is 0 Å². The van der Waals surface area contributed by atoms with Gasteiger partial charge in [-0.1, -0.05) is 0 Å². The predicted octanol–water partition coefficient (Wildman–Crippen LogP) is 1.69. The number of Topliss-reactive ketones (excluding diaryl/α,β-unsaturated/α-hetero) is 1. The molecule has 0 unspecified atom stereocenters. The van der Waals surface area contributed by atoms with Gasteiger partial charge in [-0.25, -0.2) is 0 Å². The molecule has 1 heterocycles. The van der Waals surface area contributed by atoms with Gasteiger partial charge in [0.15, 0.2) is 5.78 Å². The van der Waals surface area contributed by atoms with Crippen molar-refractivity contribution in [3.8, 4) is 0 Å². The number of hydrogen-bond donors (Lipinski definition) is 1. The summed E-state index contributed by atoms with van der Waals surface area (Å²) in [6, 6.07) is 8.42. The fourth-order valence-corrected chi connectivity index (χ4v) is 2.07. The summed E-state index contributed by atoms with van der Waals surface area (Å²) >= 11 is 0. The van der Waals surface area contributed by atoms with Crippen molar-refractivity contribution < 1.29 is 4.79 Å². The van der Waals surface area contributed by atoms with E-state index in [0.29, 0.717) is 6.04 Å². The molecule has 0 aromatic heterocycles. The van der Waals surface area contributed by atoms with Gasteiger partial charge >= 0.3 is 0 Å². The molecule has 1 fully saturated rings. The Bertz CT molecular complexity index is 372. The first-order valence-corrected chi connectivity index (χ1v) is 5.76. The molecular formula is C13H18N2O. The van der Waals surface area contributed by atoms with Gasteiger partial charge in [-0.05, 0) is 38.1 Å². The lowest BCUT2D eigenvalue weighted by atomic mass is 10.1. The fourth-order valence-electron chi connectivity index (χ4n) is 2.07. The lowest BCUT2D eigenvalue weighted by Crippen LogP contribution is -2.49. The molecular weight excluding hydrogens is 200 g/mol. The maximum Gasteiger partial charge on any atom is 0.159 e. The summed E-state index contributed by atoms with van der Waals surface area (Å²) < 4.78 is 0. The standard InChI is InChI=1S/C13H18N2O/c1-10-9-15(8-7-14-10)13-5-3-12(4-6-13)11(2)16/h3-6,10,14H,7-9H2,1-2H3/t10-/m1/s1. The van der Waals surface area contributed by atoms with E-state index >= 15 is 0 Å². The van der Waals surface area contributed by atoms with Crippen LogP contribution in [0.15, 0.2) is 24.3 Å². The van der Waals surface area contributed by atoms with Crippen molar-refractivity contribution in [2.45, 2.75) is 19.9 Å². The van der Waals surface area contributed by atoms with Crippen molar-refractivity contribution in [1.29, 1.82) is 0 Å². The molecule has 0 spiro atoms. The van der Waals surface area contributed by atoms with Crippen LogP contribution in [0.4, 0.5) is 5.69 Å². The molecule has 1 aliphatic rings. The SMILES string of the molecule is CC(=O)c1ccc(N2CCN[C@H](C)C2)cc1. The quantitative estimate of drug-likeness (QED) is 0.767. The van der Waals surface area contributed by atoms with Crippen LogP contribution in [-0.2, 0) is 0 Å². The molecule has 1 saturated heterocycles. The number of nitrogens with one attached hydrogen (secondary N) is 1. The molecule has 1 aromatic rings. The topological polar surface area (TPSA) is 32.3 Å². The van der Waals surface area contributed by atoms with Crippen molar-refractivity contribution >= 4 is 11.5 Å². The fraction of sp³-hybridized carbons (Fsp3) is 0.462. The maximum absolute atomic E-state index is 11.2. The summed E-state index contributed by atoms with van der Waals surface area (Å²) in [5.74, 6) is 0.125. The Hall–Kier alpha value is -1.35. The van der Waals surface area contributed by atoms with Crippen LogP contribution in [0.5, 0.6) is 0 Å². The number of piperazine rings is 1. The highest BCUT2D eigenvalue weighted by Crippen LogP contribution is 2.17. The second-order valence-corrected chi connectivity index (χ2v) is 4.40. The Kier molecular flexibility index (Phi) is 3.25. The Morgan fingerprint density at radius 1 is 1.38 bits per heavy atom. The first kappa shape index (κ1) is 11.1. The zero-order chi connectivity index (χ0) is 11.5. The van der Waals surface area contributed by atoms with Crippen LogP contribution in [0, 0.1) is 0 Å². The van der Waals surface area contributed by atoms with Crippen LogP contribution in [0.25, 0.3) is 0 Å². The summed E-state index contributed by atoms with van der Waals surface area (Å²) in [5, 5.41) is 3.42. The molecule has 0 amide bonds. The molecule has 1 aliphatic heterocycles. The van der Waals surface area contributed by atoms with E-state index in [-0.39, 0.29) is 5.78 Å². The zero-order valence-electron chi connectivity index (χ0n) is 9.86. The minimum Gasteiger partial charge on any atom is -0.369 e. The predicted molar refractivity (Wildman–Crippen MR) is 66.1 cm³/mol. The van der Waals surface area contributed by atoms with Gasteiger partial charge < -0.3 is 10.2 Å². The number of anilines is 1. The highest BCUT2D eigenvalue weighted by Gasteiger charge is 2.15. The molecule has 1 atom stereocenters. The number of ketones is 1. The Morgan fingerprint density at radius 2 is 2.06 bits per heavy atom. The van der Waals surface area contributed by atoms with E-state index in [2.05, 4.69) is 17.1 Å². The zero-order valence-corrected chi connectivity index (χ0v) is 9.86. The van der Waals surface area contributed by atoms with Crippen LogP contribution in [0.1, 0.15) is 24.2 Å². The average Bonchev–Trinajstić information content (AvgIpc) is 2.29. The van der Waals surface area contributed by atoms with Crippen molar-refractivity contribution in [2.75, 3.05) is 24.5 Å². The number of carbonyl (C=O) groups excluding carboxylic acids is 1. The molecule has 0 aliphatic carbocycles. The third-order valence-corrected chi connectivity index (χ3v) is 3.01. The van der Waals surface area contributed by atoms with Crippen molar-refractivity contribution in [3.05, 3.63) is 29.8 Å². The summed E-state index contributed by atoms with van der Waals surface area (Å²) in [7, 11) is 0. The molecule has 0 saturated carbocycles. The lowest BCUT2D eigenvalue weighted by Gasteiger charge is -2.33. The van der Waals surface area contributed by atoms with Crippen molar-refractivity contribution in [3.63, 3.8) is 0 Å². The smallest absolute Gasteiger partial charge is 0.159 e. The number of hydrogen-bond acceptors (Lipinski definition) is 3. The maximum atomic E-state index is 11.2. The number of nitrogens with zero attached hydrogens (tertiary/aromatic N) is 1. The third kappa shape index (κ3) is 2.42. The van der Waals surface area contributed by atoms with E-state index in [4.69, 9.17) is 0 Å². The Balaban J connectivity index is 2.11. The van der Waals surface area contributed by atoms with Crippen LogP contribution >= 0.6 is 0 Å². The summed E-state index contributed by atoms with van der Waals surface area (Å²) in [4.78, 5) is 13.5. The van der Waals surface area contributed by atoms with Crippen LogP contribution < -0.4 is 10.2 Å². The molecule has 3 heteroatoms. The second-order valence-electron chi connectivity index (χ2n) is 4.40. The minimum absolute atomic E-state index is 0.125. The first-order chi connectivity index (χ1) is 7.66. The second kappa shape index (κ2) is 4.66. The van der Waals surface area contributed by atoms with Gasteiger partial charge in [0.1, 0.15) is 0 Å². The van der Waals surface area contributed by atoms with Crippen molar-refractivity contribution in [1.82, 2.24) is 5.32 Å². The molecule has 2 rings (SSSR count). The number of carbonyl (C=O) groups is 1. The van der Waals surface area contributed by atoms with E-state index in [9.17, 15) is 4.79 Å². The van der Waals surface area contributed by atoms with Gasteiger partial charge in [0, 0.05) is 36.9 Å². The first-order valence-electron chi connectivity index (χ1n) is 5.76. The number of rotatable bonds is 2. The van der Waals surface area contributed by atoms with Gasteiger partial charge in [0.2, 0.25) is 0 Å². The molecule has 3 nitrogen and oxygen atoms in total. The van der Waals surface area contributed by atoms with Gasteiger partial charge in [-0.3, -0.25) is 4.79 Å². The monoisotopic (exact) mass is 218 g/mol. The molecule has 1 aromatic carbocycles. The van der Waals surface area contributed by atoms with E-state index in [1.54, 1.807) is 6.92 Å². The van der Waals surface area contributed by atoms with E-state index in [0.717, 1.165) is 25.2 Å². The van der Waals surface area contributed by atoms with Gasteiger partial charge in [0.05, 0.1) is 0 Å². The number of benzene rings is 1. The Morgan fingerprint density at radius 3 is 2.62 bits per heavy atom. The van der Waals surface area contributed by atoms with Gasteiger partial charge in [-0.15, -0.1) is 0 Å². The van der Waals surface area contributed by atoms with Crippen LogP contribution in [-0.4, -0.2) is 31.5 Å². The van der Waals surface area contributed by atoms with Gasteiger partial charge in [0.25, 0.3) is 0 Å². The molecule has 86 valence electrons. The van der Waals surface area contributed by atoms with E-state index < -0.39 is 0 Å². The minimum atomic E-state index is 0.125. The average molecular weight is 218 g/mol. The van der Waals surface area contributed by atoms with Crippen molar-refractivity contribution in [2.24, 2.45) is 0 Å². The van der Waals surface area contributed by atoms with E-state index in [1.807, 2.05) is 24.3 Å². The molecule has 0 bridgehead atoms. The van der Waals surface area contributed by atoms with Crippen LogP contribution in [0.2, 0.25) is 0 Å². The summed E-state index contributed by atoms with van der Waals surface area (Å²) in [5.41, 5.74) is 1.99. The third-order valence-electron chi connectivity index (χ3n) is 3.01. The summed E-state index contributed by atoms with van der Waals surface area (Å²) in [6.07, 6.45) is 0. The molecule has 1 N–H and O–H groups in total. The summed E-state index contributed by atoms with van der Waals surface area (Å²) in [6.45, 7) is 6.87. The van der Waals surface area contributed by atoms with E-state index in [1.165, 1.54) is 5.69 Å². The Labute approximate surface area is 96.5 Å². The highest BCUT2D eigenvalue weighted by atomic mass is 16.1. The molecule has 0 radical (unpaired) electrons. The highest BCUT2D eigenvalue weighted by molar-refractivity contribution is 5.94. The normalized spacial score (nSPS) is 20.9. The largest absolute Gasteiger partial charge is 0.369 e. The molecule has 16 heavy (non-hydrogen) atoms. The van der Waals surface area contributed by atoms with Crippen LogP contribution in [0.3, 0.4) is 0 Å².